The number of anilines is 3. The molecule has 7 heterocycles. The fraction of sp³-hybridized carbons (Fsp3) is 0.524. The molecule has 4 aromatic rings. The van der Waals surface area contributed by atoms with Gasteiger partial charge in [-0.25, -0.2) is 24.5 Å². The Bertz CT molecular complexity index is 1990. The van der Waals surface area contributed by atoms with Crippen LogP contribution >= 0.6 is 15.4 Å². The van der Waals surface area contributed by atoms with Crippen LogP contribution in [0.1, 0.15) is 12.5 Å². The molecule has 0 aliphatic carbocycles. The van der Waals surface area contributed by atoms with Crippen LogP contribution in [-0.2, 0) is 32.2 Å². The predicted octanol–water partition coefficient (Wildman–Crippen LogP) is -2.44. The van der Waals surface area contributed by atoms with E-state index in [0.717, 1.165) is 17.2 Å². The summed E-state index contributed by atoms with van der Waals surface area (Å²) in [6, 6.07) is 0. The first-order valence-electron chi connectivity index (χ1n) is 13.5. The molecule has 0 aromatic carbocycles. The molecule has 0 spiro atoms. The number of phosphoric acid groups is 1. The van der Waals surface area contributed by atoms with Crippen LogP contribution in [0.15, 0.2) is 17.4 Å². The van der Waals surface area contributed by atoms with E-state index in [1.807, 2.05) is 0 Å². The minimum Gasteiger partial charge on any atom is -0.390 e. The molecule has 3 aliphatic rings. The van der Waals surface area contributed by atoms with E-state index in [9.17, 15) is 33.9 Å². The number of imidazole rings is 2. The molecule has 248 valence electrons. The van der Waals surface area contributed by atoms with Gasteiger partial charge in [0.1, 0.15) is 37.0 Å². The van der Waals surface area contributed by atoms with Crippen molar-refractivity contribution >= 4 is 55.5 Å². The summed E-state index contributed by atoms with van der Waals surface area (Å²) in [7, 11) is -9.72. The number of aromatic nitrogens is 8. The Hall–Kier alpha value is -3.60. The zero-order valence-corrected chi connectivity index (χ0v) is 25.0. The number of nitrogens with two attached hydrogens (primary N) is 3. The molecule has 0 saturated carbocycles. The Morgan fingerprint density at radius 1 is 0.913 bits per heavy atom. The van der Waals surface area contributed by atoms with E-state index in [1.165, 1.54) is 4.57 Å². The predicted molar refractivity (Wildman–Crippen MR) is 151 cm³/mol. The van der Waals surface area contributed by atoms with Crippen molar-refractivity contribution < 1.29 is 52.2 Å². The van der Waals surface area contributed by atoms with E-state index in [-0.39, 0.29) is 40.0 Å². The van der Waals surface area contributed by atoms with Crippen LogP contribution in [0.3, 0.4) is 0 Å². The Kier molecular flexibility index (Phi) is 7.41. The first-order valence-corrected chi connectivity index (χ1v) is 16.7. The van der Waals surface area contributed by atoms with Crippen molar-refractivity contribution in [2.45, 2.75) is 43.0 Å². The summed E-state index contributed by atoms with van der Waals surface area (Å²) in [5.74, 6) is -1.72. The van der Waals surface area contributed by atoms with Gasteiger partial charge in [-0.2, -0.15) is 4.98 Å². The number of H-pyrrole nitrogens is 1. The molecule has 0 amide bonds. The van der Waals surface area contributed by atoms with Gasteiger partial charge in [0.05, 0.1) is 31.8 Å². The monoisotopic (exact) mass is 687 g/mol. The van der Waals surface area contributed by atoms with Crippen LogP contribution in [0.5, 0.6) is 0 Å². The maximum Gasteiger partial charge on any atom is 0.472 e. The van der Waals surface area contributed by atoms with E-state index < -0.39 is 89.2 Å². The number of aliphatic hydroxyl groups is 2. The molecular weight excluding hydrogens is 660 g/mol. The summed E-state index contributed by atoms with van der Waals surface area (Å²) in [6.07, 6.45) is -9.00. The first-order chi connectivity index (χ1) is 21.7. The molecule has 3 aliphatic heterocycles. The van der Waals surface area contributed by atoms with Crippen molar-refractivity contribution in [2.75, 3.05) is 36.6 Å². The second-order valence-corrected chi connectivity index (χ2v) is 14.1. The van der Waals surface area contributed by atoms with Crippen LogP contribution in [0.25, 0.3) is 22.3 Å². The lowest BCUT2D eigenvalue weighted by molar-refractivity contribution is -0.0555. The summed E-state index contributed by atoms with van der Waals surface area (Å²) < 4.78 is 56.5. The Morgan fingerprint density at radius 2 is 1.65 bits per heavy atom. The van der Waals surface area contributed by atoms with Crippen LogP contribution in [0.2, 0.25) is 0 Å². The van der Waals surface area contributed by atoms with Crippen LogP contribution in [0, 0.1) is 5.92 Å². The van der Waals surface area contributed by atoms with Gasteiger partial charge in [-0.15, -0.1) is 0 Å². The summed E-state index contributed by atoms with van der Waals surface area (Å²) in [6.45, 7) is -1.51. The largest absolute Gasteiger partial charge is 0.472 e. The molecule has 2 unspecified atom stereocenters. The lowest BCUT2D eigenvalue weighted by Gasteiger charge is -2.25. The lowest BCUT2D eigenvalue weighted by atomic mass is 10.0. The maximum absolute atomic E-state index is 13.4. The minimum atomic E-state index is -5.07. The van der Waals surface area contributed by atoms with Crippen molar-refractivity contribution in [1.82, 2.24) is 39.0 Å². The van der Waals surface area contributed by atoms with Crippen molar-refractivity contribution in [3.63, 3.8) is 0 Å². The number of nitrogen functional groups attached to an aromatic ring is 3. The van der Waals surface area contributed by atoms with Gasteiger partial charge in [-0.3, -0.25) is 32.5 Å². The van der Waals surface area contributed by atoms with Crippen molar-refractivity contribution in [2.24, 2.45) is 5.92 Å². The number of phosphoric ester groups is 1. The number of fused-ring (bicyclic) bond motifs is 5. The number of nitrogens with zero attached hydrogens (tertiary/aromatic N) is 7. The summed E-state index contributed by atoms with van der Waals surface area (Å²) in [4.78, 5) is 56.3. The summed E-state index contributed by atoms with van der Waals surface area (Å²) in [5, 5.41) is 22.4. The molecule has 7 rings (SSSR count). The maximum atomic E-state index is 13.4. The lowest BCUT2D eigenvalue weighted by Crippen LogP contribution is -2.36. The van der Waals surface area contributed by atoms with Gasteiger partial charge in [0, 0.05) is 5.92 Å². The fourth-order valence-corrected chi connectivity index (χ4v) is 8.17. The minimum absolute atomic E-state index is 0.0216. The third-order valence-corrected chi connectivity index (χ3v) is 10.3. The van der Waals surface area contributed by atoms with E-state index in [0.29, 0.717) is 0 Å². The van der Waals surface area contributed by atoms with E-state index >= 15 is 0 Å². The van der Waals surface area contributed by atoms with Crippen LogP contribution in [-0.4, -0.2) is 109 Å². The molecule has 46 heavy (non-hydrogen) atoms. The quantitative estimate of drug-likeness (QED) is 0.101. The number of ether oxygens (including phenoxy) is 2. The van der Waals surface area contributed by atoms with Crippen LogP contribution in [0.4, 0.5) is 17.7 Å². The summed E-state index contributed by atoms with van der Waals surface area (Å²) in [5.41, 5.74) is 16.9. The number of aromatic amines is 1. The van der Waals surface area contributed by atoms with Gasteiger partial charge in [0.2, 0.25) is 11.9 Å². The molecule has 23 nitrogen and oxygen atoms in total. The molecule has 11 N–H and O–H groups in total. The zero-order chi connectivity index (χ0) is 32.7. The second kappa shape index (κ2) is 11.0. The standard InChI is InChI=1S/C21H27N11O12P2/c22-14-9-15(26-4-25-14)32(21(24)28-9)19-12(34)13-8(43-19)2-40-45(36,37)3-6-11(33)7(1-41-46(38,39)44-13)42-18(6)31-5-27-10-16(31)29-20(23)30-17(10)35/h4-8,11-13,18-19,33-34H,1-3H2,(H2,24,28)(H,36,37)(H,38,39)(H2,22,25,26)(H3,23,29,30,35)/t6-,7-,8-,11+,12-,13-,18-,19-/m1/s1. The molecule has 3 saturated heterocycles. The van der Waals surface area contributed by atoms with E-state index in [2.05, 4.69) is 29.9 Å². The number of nitrogens with one attached hydrogen (secondary N) is 1. The molecular formula is C21H27N11O12P2. The van der Waals surface area contributed by atoms with Crippen molar-refractivity contribution in [3.8, 4) is 0 Å². The highest BCUT2D eigenvalue weighted by Gasteiger charge is 2.53. The molecule has 0 radical (unpaired) electrons. The van der Waals surface area contributed by atoms with Gasteiger partial charge in [-0.1, -0.05) is 0 Å². The smallest absolute Gasteiger partial charge is 0.390 e. The Balaban J connectivity index is 1.22. The third-order valence-electron chi connectivity index (χ3n) is 7.86. The fourth-order valence-electron chi connectivity index (χ4n) is 5.79. The highest BCUT2D eigenvalue weighted by molar-refractivity contribution is 7.52. The molecule has 25 heteroatoms. The summed E-state index contributed by atoms with van der Waals surface area (Å²) >= 11 is 0. The van der Waals surface area contributed by atoms with E-state index in [1.54, 1.807) is 0 Å². The molecule has 4 aromatic heterocycles. The number of hydrogen-bond donors (Lipinski definition) is 8. The van der Waals surface area contributed by atoms with Gasteiger partial charge in [0.15, 0.2) is 34.4 Å². The second-order valence-electron chi connectivity index (χ2n) is 10.8. The molecule has 3 fully saturated rings. The van der Waals surface area contributed by atoms with Crippen molar-refractivity contribution in [1.29, 1.82) is 0 Å². The average molecular weight is 687 g/mol. The van der Waals surface area contributed by atoms with Gasteiger partial charge < -0.3 is 51.2 Å². The third kappa shape index (κ3) is 5.24. The Morgan fingerprint density at radius 3 is 2.43 bits per heavy atom. The normalized spacial score (nSPS) is 37.1. The topological polar surface area (TPSA) is 346 Å². The molecule has 2 bridgehead atoms. The van der Waals surface area contributed by atoms with Gasteiger partial charge in [-0.05, 0) is 0 Å². The van der Waals surface area contributed by atoms with E-state index in [4.69, 9.17) is 40.2 Å². The number of aliphatic hydroxyl groups excluding tert-OH is 2. The Labute approximate surface area is 255 Å². The van der Waals surface area contributed by atoms with Gasteiger partial charge >= 0.3 is 15.4 Å². The molecule has 10 atom stereocenters. The number of rotatable bonds is 2. The average Bonchev–Trinajstić information content (AvgIpc) is 3.70. The number of hydrogen-bond acceptors (Lipinski definition) is 18. The van der Waals surface area contributed by atoms with Gasteiger partial charge in [0.25, 0.3) is 5.56 Å². The zero-order valence-electron chi connectivity index (χ0n) is 23.2. The highest BCUT2D eigenvalue weighted by atomic mass is 31.2. The van der Waals surface area contributed by atoms with Crippen molar-refractivity contribution in [3.05, 3.63) is 23.0 Å². The van der Waals surface area contributed by atoms with Crippen LogP contribution < -0.4 is 22.8 Å². The first kappa shape index (κ1) is 31.0. The SMILES string of the molecule is Nc1nc2c(ncn2[C@@H]2O[C@@H]3COP(=O)(O)O[C@H]4[C@@H](O)[C@H](n5c(N)nc6c(N)ncnc65)O[C@@H]4COP(=O)(O)C[C@@H]2[C@@H]3O)c(=O)[nH]1. The highest BCUT2D eigenvalue weighted by Crippen LogP contribution is 2.54.